The van der Waals surface area contributed by atoms with E-state index < -0.39 is 0 Å². The zero-order valence-electron chi connectivity index (χ0n) is 19.0. The summed E-state index contributed by atoms with van der Waals surface area (Å²) in [5.74, 6) is 0. The van der Waals surface area contributed by atoms with E-state index >= 15 is 0 Å². The van der Waals surface area contributed by atoms with Gasteiger partial charge in [0.2, 0.25) is 0 Å². The second-order valence-corrected chi connectivity index (χ2v) is 9.24. The van der Waals surface area contributed by atoms with Crippen molar-refractivity contribution >= 4 is 44.0 Å². The minimum Gasteiger partial charge on any atom is -0.0620 e. The van der Waals surface area contributed by atoms with Gasteiger partial charge in [-0.05, 0) is 78.5 Å². The van der Waals surface area contributed by atoms with Crippen LogP contribution in [-0.4, -0.2) is 0 Å². The van der Waals surface area contributed by atoms with Crippen LogP contribution in [0.3, 0.4) is 0 Å². The molecule has 0 amide bonds. The van der Waals surface area contributed by atoms with Gasteiger partial charge in [-0.2, -0.15) is 0 Å². The van der Waals surface area contributed by atoms with E-state index in [0.717, 1.165) is 12.8 Å². The molecule has 34 heavy (non-hydrogen) atoms. The number of fused-ring (bicyclic) bond motifs is 4. The van der Waals surface area contributed by atoms with Gasteiger partial charge in [-0.15, -0.1) is 0 Å². The minimum absolute atomic E-state index is 1.07. The van der Waals surface area contributed by atoms with Crippen LogP contribution >= 0.6 is 0 Å². The van der Waals surface area contributed by atoms with E-state index in [4.69, 9.17) is 0 Å². The molecule has 0 bridgehead atoms. The van der Waals surface area contributed by atoms with E-state index in [-0.39, 0.29) is 0 Å². The van der Waals surface area contributed by atoms with Gasteiger partial charge in [0.05, 0.1) is 0 Å². The molecule has 0 saturated heterocycles. The molecule has 7 rings (SSSR count). The molecule has 6 aromatic carbocycles. The van der Waals surface area contributed by atoms with Crippen molar-refractivity contribution in [3.63, 3.8) is 0 Å². The number of rotatable bonds is 2. The molecule has 6 aromatic rings. The van der Waals surface area contributed by atoms with Crippen molar-refractivity contribution in [1.29, 1.82) is 0 Å². The van der Waals surface area contributed by atoms with Crippen molar-refractivity contribution in [2.75, 3.05) is 0 Å². The molecular weight excluding hydrogens is 408 g/mol. The van der Waals surface area contributed by atoms with Crippen molar-refractivity contribution in [3.8, 4) is 11.1 Å². The average molecular weight is 433 g/mol. The van der Waals surface area contributed by atoms with Gasteiger partial charge in [0.15, 0.2) is 0 Å². The molecule has 0 aromatic heterocycles. The highest BCUT2D eigenvalue weighted by Gasteiger charge is 2.20. The van der Waals surface area contributed by atoms with Gasteiger partial charge in [-0.25, -0.2) is 0 Å². The highest BCUT2D eigenvalue weighted by molar-refractivity contribution is 6.22. The third-order valence-electron chi connectivity index (χ3n) is 7.36. The van der Waals surface area contributed by atoms with Crippen molar-refractivity contribution in [2.24, 2.45) is 0 Å². The van der Waals surface area contributed by atoms with Crippen LogP contribution in [0.2, 0.25) is 0 Å². The van der Waals surface area contributed by atoms with Crippen LogP contribution in [-0.2, 0) is 6.42 Å². The zero-order chi connectivity index (χ0) is 22.5. The lowest BCUT2D eigenvalue weighted by atomic mass is 9.81. The van der Waals surface area contributed by atoms with Gasteiger partial charge in [0, 0.05) is 0 Å². The maximum atomic E-state index is 2.42. The molecule has 0 aliphatic heterocycles. The Balaban J connectivity index is 1.62. The number of hydrogen-bond donors (Lipinski definition) is 0. The van der Waals surface area contributed by atoms with Crippen LogP contribution in [0.5, 0.6) is 0 Å². The van der Waals surface area contributed by atoms with E-state index in [2.05, 4.69) is 121 Å². The van der Waals surface area contributed by atoms with Gasteiger partial charge in [0.25, 0.3) is 0 Å². The Labute approximate surface area is 199 Å². The van der Waals surface area contributed by atoms with Gasteiger partial charge in [0.1, 0.15) is 0 Å². The summed E-state index contributed by atoms with van der Waals surface area (Å²) in [4.78, 5) is 0. The molecule has 0 spiro atoms. The molecule has 0 unspecified atom stereocenters. The summed E-state index contributed by atoms with van der Waals surface area (Å²) in [6, 6.07) is 42.2. The van der Waals surface area contributed by atoms with Crippen molar-refractivity contribution in [2.45, 2.75) is 12.8 Å². The Morgan fingerprint density at radius 3 is 1.71 bits per heavy atom. The molecule has 0 nitrogen and oxygen atoms in total. The first-order chi connectivity index (χ1) is 16.9. The smallest absolute Gasteiger partial charge is 0.00201 e. The van der Waals surface area contributed by atoms with Crippen molar-refractivity contribution < 1.29 is 0 Å². The molecule has 0 radical (unpaired) electrons. The molecule has 1 aliphatic rings. The van der Waals surface area contributed by atoms with Crippen LogP contribution < -0.4 is 0 Å². The van der Waals surface area contributed by atoms with E-state index in [9.17, 15) is 0 Å². The fourth-order valence-electron chi connectivity index (χ4n) is 5.84. The molecule has 0 saturated carbocycles. The molecular formula is C34H24. The molecule has 0 heterocycles. The van der Waals surface area contributed by atoms with Crippen molar-refractivity contribution in [1.82, 2.24) is 0 Å². The molecule has 0 N–H and O–H groups in total. The third-order valence-corrected chi connectivity index (χ3v) is 7.36. The van der Waals surface area contributed by atoms with Crippen LogP contribution in [0, 0.1) is 0 Å². The second kappa shape index (κ2) is 7.71. The second-order valence-electron chi connectivity index (χ2n) is 9.24. The fraction of sp³-hybridized carbons (Fsp3) is 0.0588. The van der Waals surface area contributed by atoms with E-state index in [1.807, 2.05) is 0 Å². The summed E-state index contributed by atoms with van der Waals surface area (Å²) in [5.41, 5.74) is 8.28. The summed E-state index contributed by atoms with van der Waals surface area (Å²) in [5, 5.41) is 7.92. The molecule has 160 valence electrons. The first kappa shape index (κ1) is 19.3. The van der Waals surface area contributed by atoms with Crippen LogP contribution in [0.1, 0.15) is 23.1 Å². The first-order valence-electron chi connectivity index (χ1n) is 12.1. The highest BCUT2D eigenvalue weighted by atomic mass is 14.2. The molecule has 0 atom stereocenters. The SMILES string of the molecule is C1=C(c2c3ccccc3c(-c3cccc4ccccc34)c3ccccc23)CCc2ccccc21. The maximum absolute atomic E-state index is 2.42. The predicted octanol–water partition coefficient (Wildman–Crippen LogP) is 9.30. The minimum atomic E-state index is 1.07. The Kier molecular flexibility index (Phi) is 4.38. The topological polar surface area (TPSA) is 0 Å². The van der Waals surface area contributed by atoms with E-state index in [1.165, 1.54) is 65.7 Å². The zero-order valence-corrected chi connectivity index (χ0v) is 19.0. The standard InChI is InChI=1S/C34H24/c1-2-12-25-22-26(21-20-23(25)10-1)33-29-15-5-7-17-31(29)34(32-18-8-6-16-30(32)33)28-19-9-13-24-11-3-4-14-27(24)28/h1-19,22H,20-21H2. The largest absolute Gasteiger partial charge is 0.0620 e. The van der Waals surface area contributed by atoms with Crippen LogP contribution in [0.4, 0.5) is 0 Å². The lowest BCUT2D eigenvalue weighted by Crippen LogP contribution is -2.01. The number of allylic oxidation sites excluding steroid dienone is 1. The Hall–Kier alpha value is -4.16. The lowest BCUT2D eigenvalue weighted by Gasteiger charge is -2.22. The Morgan fingerprint density at radius 2 is 0.971 bits per heavy atom. The number of aryl methyl sites for hydroxylation is 1. The third kappa shape index (κ3) is 2.92. The molecule has 0 fully saturated rings. The first-order valence-corrected chi connectivity index (χ1v) is 12.1. The molecule has 0 heteroatoms. The summed E-state index contributed by atoms with van der Waals surface area (Å²) >= 11 is 0. The van der Waals surface area contributed by atoms with E-state index in [0.29, 0.717) is 0 Å². The number of benzene rings is 6. The summed E-state index contributed by atoms with van der Waals surface area (Å²) < 4.78 is 0. The van der Waals surface area contributed by atoms with Gasteiger partial charge in [-0.1, -0.05) is 121 Å². The van der Waals surface area contributed by atoms with Crippen LogP contribution in [0.25, 0.3) is 55.1 Å². The van der Waals surface area contributed by atoms with E-state index in [1.54, 1.807) is 0 Å². The monoisotopic (exact) mass is 432 g/mol. The summed E-state index contributed by atoms with van der Waals surface area (Å²) in [6.45, 7) is 0. The predicted molar refractivity (Wildman–Crippen MR) is 147 cm³/mol. The van der Waals surface area contributed by atoms with Gasteiger partial charge in [-0.3, -0.25) is 0 Å². The highest BCUT2D eigenvalue weighted by Crippen LogP contribution is 2.45. The van der Waals surface area contributed by atoms with Crippen molar-refractivity contribution in [3.05, 3.63) is 132 Å². The quantitative estimate of drug-likeness (QED) is 0.239. The normalized spacial score (nSPS) is 13.2. The Morgan fingerprint density at radius 1 is 0.412 bits per heavy atom. The fourth-order valence-corrected chi connectivity index (χ4v) is 5.84. The maximum Gasteiger partial charge on any atom is -0.00201 e. The summed E-state index contributed by atoms with van der Waals surface area (Å²) in [7, 11) is 0. The average Bonchev–Trinajstić information content (AvgIpc) is 2.91. The van der Waals surface area contributed by atoms with Gasteiger partial charge >= 0.3 is 0 Å². The summed E-state index contributed by atoms with van der Waals surface area (Å²) in [6.07, 6.45) is 4.58. The Bertz CT molecular complexity index is 1690. The lowest BCUT2D eigenvalue weighted by molar-refractivity contribution is 1.00. The molecule has 1 aliphatic carbocycles. The van der Waals surface area contributed by atoms with Gasteiger partial charge < -0.3 is 0 Å². The number of hydrogen-bond acceptors (Lipinski definition) is 0. The van der Waals surface area contributed by atoms with Crippen LogP contribution in [0.15, 0.2) is 115 Å².